The molecule has 0 fully saturated rings. The van der Waals surface area contributed by atoms with Gasteiger partial charge in [0.25, 0.3) is 0 Å². The van der Waals surface area contributed by atoms with Crippen molar-refractivity contribution in [3.8, 4) is 0 Å². The Bertz CT molecular complexity index is 222. The topological polar surface area (TPSA) is 21.3 Å². The van der Waals surface area contributed by atoms with Crippen molar-refractivity contribution in [2.24, 2.45) is 0 Å². The molecular weight excluding hydrogens is 157 g/mol. The fourth-order valence-corrected chi connectivity index (χ4v) is 0.949. The number of hydrogen-bond donors (Lipinski definition) is 1. The maximum atomic E-state index is 12.4. The van der Waals surface area contributed by atoms with E-state index in [9.17, 15) is 4.39 Å². The molecule has 12 heavy (non-hydrogen) atoms. The number of benzene rings is 1. The van der Waals surface area contributed by atoms with Crippen LogP contribution in [0.4, 0.5) is 4.39 Å². The second kappa shape index (κ2) is 4.85. The van der Waals surface area contributed by atoms with Crippen molar-refractivity contribution < 1.29 is 9.23 Å². The zero-order valence-electron chi connectivity index (χ0n) is 7.01. The molecule has 0 saturated carbocycles. The molecule has 0 amide bonds. The Morgan fingerprint density at radius 3 is 2.58 bits per heavy atom. The zero-order valence-corrected chi connectivity index (χ0v) is 7.01. The van der Waals surface area contributed by atoms with Crippen LogP contribution in [0, 0.1) is 5.82 Å². The normalized spacial score (nSPS) is 10.2. The molecule has 0 aliphatic carbocycles. The third-order valence-electron chi connectivity index (χ3n) is 1.57. The minimum absolute atomic E-state index is 0.196. The molecule has 0 radical (unpaired) electrons. The lowest BCUT2D eigenvalue weighted by molar-refractivity contribution is 0.0928. The van der Waals surface area contributed by atoms with E-state index >= 15 is 0 Å². The molecule has 0 spiro atoms. The van der Waals surface area contributed by atoms with E-state index in [1.165, 1.54) is 12.1 Å². The largest absolute Gasteiger partial charge is 0.305 e. The first-order valence-corrected chi connectivity index (χ1v) is 3.83. The minimum atomic E-state index is -0.196. The summed E-state index contributed by atoms with van der Waals surface area (Å²) < 4.78 is 12.4. The minimum Gasteiger partial charge on any atom is -0.305 e. The molecule has 2 nitrogen and oxygen atoms in total. The molecule has 0 aliphatic heterocycles. The molecule has 3 heteroatoms. The maximum Gasteiger partial charge on any atom is 0.123 e. The summed E-state index contributed by atoms with van der Waals surface area (Å²) in [5.74, 6) is -0.196. The molecule has 0 bridgehead atoms. The second-order valence-corrected chi connectivity index (χ2v) is 2.47. The molecule has 66 valence electrons. The first-order chi connectivity index (χ1) is 5.83. The van der Waals surface area contributed by atoms with E-state index in [4.69, 9.17) is 0 Å². The first-order valence-electron chi connectivity index (χ1n) is 3.83. The Kier molecular flexibility index (Phi) is 3.70. The van der Waals surface area contributed by atoms with E-state index in [1.807, 2.05) is 0 Å². The van der Waals surface area contributed by atoms with Gasteiger partial charge in [0.15, 0.2) is 0 Å². The summed E-state index contributed by atoms with van der Waals surface area (Å²) in [5, 5.41) is 0. The number of nitrogens with one attached hydrogen (secondary N) is 1. The van der Waals surface area contributed by atoms with Gasteiger partial charge < -0.3 is 4.84 Å². The van der Waals surface area contributed by atoms with Crippen LogP contribution in [-0.2, 0) is 11.3 Å². The van der Waals surface area contributed by atoms with Crippen LogP contribution in [0.5, 0.6) is 0 Å². The van der Waals surface area contributed by atoms with Gasteiger partial charge in [-0.2, -0.15) is 0 Å². The van der Waals surface area contributed by atoms with Gasteiger partial charge in [0.2, 0.25) is 0 Å². The van der Waals surface area contributed by atoms with Gasteiger partial charge >= 0.3 is 0 Å². The average molecular weight is 169 g/mol. The molecule has 0 heterocycles. The lowest BCUT2D eigenvalue weighted by Gasteiger charge is -2.01. The molecule has 0 aromatic heterocycles. The predicted molar refractivity (Wildman–Crippen MR) is 45.1 cm³/mol. The highest BCUT2D eigenvalue weighted by molar-refractivity contribution is 5.16. The highest BCUT2D eigenvalue weighted by atomic mass is 19.1. The third-order valence-corrected chi connectivity index (χ3v) is 1.57. The van der Waals surface area contributed by atoms with E-state index in [0.29, 0.717) is 0 Å². The van der Waals surface area contributed by atoms with Gasteiger partial charge in [-0.1, -0.05) is 12.1 Å². The molecule has 1 rings (SSSR count). The van der Waals surface area contributed by atoms with Gasteiger partial charge in [-0.15, -0.1) is 0 Å². The fourth-order valence-electron chi connectivity index (χ4n) is 0.949. The number of hydrogen-bond acceptors (Lipinski definition) is 2. The van der Waals surface area contributed by atoms with E-state index in [2.05, 4.69) is 10.3 Å². The van der Waals surface area contributed by atoms with Crippen LogP contribution in [0.15, 0.2) is 24.3 Å². The SMILES string of the molecule is CONCCc1ccc(F)cc1. The monoisotopic (exact) mass is 169 g/mol. The van der Waals surface area contributed by atoms with Crippen molar-refractivity contribution >= 4 is 0 Å². The molecule has 1 aromatic rings. The summed E-state index contributed by atoms with van der Waals surface area (Å²) in [4.78, 5) is 4.66. The van der Waals surface area contributed by atoms with Crippen LogP contribution in [0.3, 0.4) is 0 Å². The quantitative estimate of drug-likeness (QED) is 0.545. The van der Waals surface area contributed by atoms with Crippen molar-refractivity contribution in [1.29, 1.82) is 0 Å². The van der Waals surface area contributed by atoms with E-state index in [1.54, 1.807) is 19.2 Å². The third kappa shape index (κ3) is 2.98. The molecule has 1 aromatic carbocycles. The molecule has 0 saturated heterocycles. The number of hydroxylamine groups is 1. The lowest BCUT2D eigenvalue weighted by Crippen LogP contribution is -2.14. The summed E-state index contributed by atoms with van der Waals surface area (Å²) in [7, 11) is 1.57. The highest BCUT2D eigenvalue weighted by Gasteiger charge is 1.92. The van der Waals surface area contributed by atoms with E-state index in [0.717, 1.165) is 18.5 Å². The van der Waals surface area contributed by atoms with Gasteiger partial charge in [-0.25, -0.2) is 9.87 Å². The van der Waals surface area contributed by atoms with Crippen molar-refractivity contribution in [2.75, 3.05) is 13.7 Å². The Morgan fingerprint density at radius 1 is 1.33 bits per heavy atom. The maximum absolute atomic E-state index is 12.4. The van der Waals surface area contributed by atoms with Gasteiger partial charge in [0.1, 0.15) is 5.82 Å². The summed E-state index contributed by atoms with van der Waals surface area (Å²) in [6, 6.07) is 6.46. The van der Waals surface area contributed by atoms with Gasteiger partial charge in [0, 0.05) is 6.54 Å². The van der Waals surface area contributed by atoms with Crippen LogP contribution < -0.4 is 5.48 Å². The van der Waals surface area contributed by atoms with Crippen LogP contribution >= 0.6 is 0 Å². The highest BCUT2D eigenvalue weighted by Crippen LogP contribution is 2.02. The van der Waals surface area contributed by atoms with Crippen molar-refractivity contribution in [3.05, 3.63) is 35.6 Å². The predicted octanol–water partition coefficient (Wildman–Crippen LogP) is 1.52. The van der Waals surface area contributed by atoms with Gasteiger partial charge in [-0.3, -0.25) is 0 Å². The smallest absolute Gasteiger partial charge is 0.123 e. The Balaban J connectivity index is 2.37. The lowest BCUT2D eigenvalue weighted by atomic mass is 10.1. The number of rotatable bonds is 4. The van der Waals surface area contributed by atoms with Crippen molar-refractivity contribution in [2.45, 2.75) is 6.42 Å². The zero-order chi connectivity index (χ0) is 8.81. The van der Waals surface area contributed by atoms with Crippen LogP contribution in [0.25, 0.3) is 0 Å². The van der Waals surface area contributed by atoms with Crippen molar-refractivity contribution in [1.82, 2.24) is 5.48 Å². The van der Waals surface area contributed by atoms with E-state index in [-0.39, 0.29) is 5.82 Å². The Hall–Kier alpha value is -0.930. The average Bonchev–Trinajstić information content (AvgIpc) is 2.09. The Labute approximate surface area is 71.3 Å². The fraction of sp³-hybridized carbons (Fsp3) is 0.333. The van der Waals surface area contributed by atoms with Crippen LogP contribution in [0.1, 0.15) is 5.56 Å². The molecular formula is C9H12FNO. The summed E-state index contributed by atoms with van der Waals surface area (Å²) in [6.45, 7) is 0.738. The summed E-state index contributed by atoms with van der Waals surface area (Å²) >= 11 is 0. The van der Waals surface area contributed by atoms with Crippen molar-refractivity contribution in [3.63, 3.8) is 0 Å². The van der Waals surface area contributed by atoms with E-state index < -0.39 is 0 Å². The molecule has 0 unspecified atom stereocenters. The van der Waals surface area contributed by atoms with Gasteiger partial charge in [-0.05, 0) is 24.1 Å². The Morgan fingerprint density at radius 2 is 2.00 bits per heavy atom. The second-order valence-electron chi connectivity index (χ2n) is 2.47. The number of halogens is 1. The van der Waals surface area contributed by atoms with Gasteiger partial charge in [0.05, 0.1) is 7.11 Å². The summed E-state index contributed by atoms with van der Waals surface area (Å²) in [5.41, 5.74) is 3.82. The standard InChI is InChI=1S/C9H12FNO/c1-12-11-7-6-8-2-4-9(10)5-3-8/h2-5,11H,6-7H2,1H3. The molecule has 0 aliphatic rings. The molecule has 0 atom stereocenters. The molecule has 1 N–H and O–H groups in total. The summed E-state index contributed by atoms with van der Waals surface area (Å²) in [6.07, 6.45) is 0.841. The first kappa shape index (κ1) is 9.16. The van der Waals surface area contributed by atoms with Crippen LogP contribution in [-0.4, -0.2) is 13.7 Å². The van der Waals surface area contributed by atoms with Crippen LogP contribution in [0.2, 0.25) is 0 Å².